The van der Waals surface area contributed by atoms with Crippen LogP contribution in [0.2, 0.25) is 19.1 Å². The second kappa shape index (κ2) is 10.8. The smallest absolute Gasteiger partial charge is 0.207 e. The normalized spacial score (nSPS) is 13.1. The Balaban J connectivity index is 1.91. The first-order chi connectivity index (χ1) is 14.2. The van der Waals surface area contributed by atoms with Crippen LogP contribution in [0.3, 0.4) is 0 Å². The van der Waals surface area contributed by atoms with Gasteiger partial charge in [0.25, 0.3) is 0 Å². The van der Waals surface area contributed by atoms with Crippen LogP contribution in [-0.4, -0.2) is 40.4 Å². The van der Waals surface area contributed by atoms with Crippen LogP contribution in [0.5, 0.6) is 0 Å². The van der Waals surface area contributed by atoms with Crippen molar-refractivity contribution < 1.29 is 8.42 Å². The van der Waals surface area contributed by atoms with E-state index in [4.69, 9.17) is 5.53 Å². The average Bonchev–Trinajstić information content (AvgIpc) is 2.73. The number of aryl methyl sites for hydroxylation is 1. The van der Waals surface area contributed by atoms with Crippen molar-refractivity contribution in [2.24, 2.45) is 5.11 Å². The third kappa shape index (κ3) is 6.70. The van der Waals surface area contributed by atoms with Gasteiger partial charge in [-0.2, -0.15) is 0 Å². The van der Waals surface area contributed by atoms with Gasteiger partial charge < -0.3 is 0 Å². The molecule has 0 spiro atoms. The standard InChI is InChI=1S/C22H32N4O2SSi/c1-19-12-14-21(15-13-19)29(27,28)26(2)17-8-9-20(24-25-23)16-18-30(3,4)22-10-6-5-7-11-22/h5-7,10-15,20H,8-9,16-18H2,1-4H3. The van der Waals surface area contributed by atoms with Crippen LogP contribution in [0.25, 0.3) is 10.4 Å². The van der Waals surface area contributed by atoms with E-state index in [0.29, 0.717) is 24.3 Å². The second-order valence-corrected chi connectivity index (χ2v) is 15.3. The third-order valence-electron chi connectivity index (χ3n) is 5.61. The fourth-order valence-corrected chi connectivity index (χ4v) is 7.10. The Morgan fingerprint density at radius 1 is 1.07 bits per heavy atom. The molecule has 1 unspecified atom stereocenters. The minimum atomic E-state index is -3.50. The molecule has 2 aromatic carbocycles. The average molecular weight is 445 g/mol. The molecule has 0 aliphatic heterocycles. The Labute approximate surface area is 181 Å². The van der Waals surface area contributed by atoms with Gasteiger partial charge in [-0.1, -0.05) is 77.5 Å². The molecule has 2 rings (SSSR count). The zero-order chi connectivity index (χ0) is 22.2. The van der Waals surface area contributed by atoms with Gasteiger partial charge in [0, 0.05) is 24.5 Å². The molecule has 0 aromatic heterocycles. The fourth-order valence-electron chi connectivity index (χ4n) is 3.45. The van der Waals surface area contributed by atoms with Crippen molar-refractivity contribution in [2.45, 2.75) is 56.3 Å². The lowest BCUT2D eigenvalue weighted by molar-refractivity contribution is 0.439. The number of sulfonamides is 1. The summed E-state index contributed by atoms with van der Waals surface area (Å²) in [4.78, 5) is 3.32. The van der Waals surface area contributed by atoms with Crippen molar-refractivity contribution in [1.82, 2.24) is 4.31 Å². The molecule has 30 heavy (non-hydrogen) atoms. The van der Waals surface area contributed by atoms with Gasteiger partial charge in [0.1, 0.15) is 0 Å². The Kier molecular flexibility index (Phi) is 8.67. The van der Waals surface area contributed by atoms with Gasteiger partial charge in [0.05, 0.1) is 13.0 Å². The summed E-state index contributed by atoms with van der Waals surface area (Å²) in [7, 11) is -3.50. The molecular weight excluding hydrogens is 412 g/mol. The molecule has 0 aliphatic carbocycles. The van der Waals surface area contributed by atoms with Crippen LogP contribution in [0, 0.1) is 6.92 Å². The van der Waals surface area contributed by atoms with Crippen molar-refractivity contribution in [1.29, 1.82) is 0 Å². The zero-order valence-electron chi connectivity index (χ0n) is 18.3. The lowest BCUT2D eigenvalue weighted by atomic mass is 10.1. The molecule has 0 radical (unpaired) electrons. The maximum absolute atomic E-state index is 12.7. The molecule has 0 saturated heterocycles. The van der Waals surface area contributed by atoms with E-state index in [0.717, 1.165) is 18.0 Å². The first kappa shape index (κ1) is 24.1. The highest BCUT2D eigenvalue weighted by atomic mass is 32.2. The number of rotatable bonds is 11. The molecule has 8 heteroatoms. The summed E-state index contributed by atoms with van der Waals surface area (Å²) in [5, 5.41) is 5.38. The summed E-state index contributed by atoms with van der Waals surface area (Å²) in [6.45, 7) is 6.99. The molecule has 6 nitrogen and oxygen atoms in total. The molecule has 0 N–H and O–H groups in total. The van der Waals surface area contributed by atoms with E-state index in [9.17, 15) is 8.42 Å². The Bertz CT molecular complexity index is 956. The van der Waals surface area contributed by atoms with Crippen molar-refractivity contribution in [3.63, 3.8) is 0 Å². The van der Waals surface area contributed by atoms with Gasteiger partial charge in [0.2, 0.25) is 10.0 Å². The van der Waals surface area contributed by atoms with Gasteiger partial charge in [0.15, 0.2) is 0 Å². The summed E-state index contributed by atoms with van der Waals surface area (Å²) in [5.41, 5.74) is 9.98. The maximum Gasteiger partial charge on any atom is 0.242 e. The van der Waals surface area contributed by atoms with E-state index < -0.39 is 18.1 Å². The quantitative estimate of drug-likeness (QED) is 0.209. The van der Waals surface area contributed by atoms with E-state index in [1.807, 2.05) is 13.0 Å². The second-order valence-electron chi connectivity index (χ2n) is 8.43. The highest BCUT2D eigenvalue weighted by Gasteiger charge is 2.25. The Hall–Kier alpha value is -2.12. The van der Waals surface area contributed by atoms with Gasteiger partial charge in [-0.3, -0.25) is 0 Å². The number of hydrogen-bond donors (Lipinski definition) is 0. The van der Waals surface area contributed by atoms with E-state index in [-0.39, 0.29) is 6.04 Å². The number of nitrogens with zero attached hydrogens (tertiary/aromatic N) is 4. The third-order valence-corrected chi connectivity index (χ3v) is 10.9. The molecule has 2 aromatic rings. The van der Waals surface area contributed by atoms with Gasteiger partial charge in [-0.25, -0.2) is 12.7 Å². The summed E-state index contributed by atoms with van der Waals surface area (Å²) >= 11 is 0. The van der Waals surface area contributed by atoms with Crippen molar-refractivity contribution >= 4 is 23.3 Å². The molecule has 162 valence electrons. The van der Waals surface area contributed by atoms with Crippen LogP contribution in [0.1, 0.15) is 24.8 Å². The molecule has 1 atom stereocenters. The van der Waals surface area contributed by atoms with Crippen molar-refractivity contribution in [2.75, 3.05) is 13.6 Å². The molecule has 0 amide bonds. The monoisotopic (exact) mass is 444 g/mol. The number of hydrogen-bond acceptors (Lipinski definition) is 3. The maximum atomic E-state index is 12.7. The predicted molar refractivity (Wildman–Crippen MR) is 126 cm³/mol. The van der Waals surface area contributed by atoms with E-state index >= 15 is 0 Å². The van der Waals surface area contributed by atoms with Gasteiger partial charge in [-0.15, -0.1) is 0 Å². The lowest BCUT2D eigenvalue weighted by Crippen LogP contribution is -2.41. The summed E-state index contributed by atoms with van der Waals surface area (Å²) in [5.74, 6) is 0. The lowest BCUT2D eigenvalue weighted by Gasteiger charge is -2.25. The zero-order valence-corrected chi connectivity index (χ0v) is 20.1. The van der Waals surface area contributed by atoms with Gasteiger partial charge in [-0.05, 0) is 43.9 Å². The van der Waals surface area contributed by atoms with E-state index in [1.165, 1.54) is 9.49 Å². The molecular formula is C22H32N4O2SSi. The summed E-state index contributed by atoms with van der Waals surface area (Å²) < 4.78 is 26.8. The summed E-state index contributed by atoms with van der Waals surface area (Å²) in [6.07, 6.45) is 2.16. The first-order valence-electron chi connectivity index (χ1n) is 10.3. The van der Waals surface area contributed by atoms with Crippen LogP contribution in [-0.2, 0) is 10.0 Å². The minimum absolute atomic E-state index is 0.110. The Morgan fingerprint density at radius 2 is 1.70 bits per heavy atom. The highest BCUT2D eigenvalue weighted by Crippen LogP contribution is 2.20. The molecule has 0 heterocycles. The first-order valence-corrected chi connectivity index (χ1v) is 14.9. The SMILES string of the molecule is Cc1ccc(S(=O)(=O)N(C)CCCC(CC[Si](C)(C)c2ccccc2)N=[N+]=[N-])cc1. The highest BCUT2D eigenvalue weighted by molar-refractivity contribution is 7.89. The van der Waals surface area contributed by atoms with Crippen LogP contribution >= 0.6 is 0 Å². The molecule has 0 bridgehead atoms. The van der Waals surface area contributed by atoms with E-state index in [2.05, 4.69) is 47.4 Å². The molecule has 0 fully saturated rings. The van der Waals surface area contributed by atoms with Crippen LogP contribution in [0.4, 0.5) is 0 Å². The molecule has 0 saturated carbocycles. The van der Waals surface area contributed by atoms with E-state index in [1.54, 1.807) is 31.3 Å². The largest absolute Gasteiger partial charge is 0.242 e. The Morgan fingerprint density at radius 3 is 2.30 bits per heavy atom. The topological polar surface area (TPSA) is 86.1 Å². The number of benzene rings is 2. The fraction of sp³-hybridized carbons (Fsp3) is 0.455. The predicted octanol–water partition coefficient (Wildman–Crippen LogP) is 5.08. The number of azide groups is 1. The summed E-state index contributed by atoms with van der Waals surface area (Å²) in [6, 6.07) is 18.3. The van der Waals surface area contributed by atoms with Crippen molar-refractivity contribution in [3.05, 3.63) is 70.6 Å². The molecule has 0 aliphatic rings. The minimum Gasteiger partial charge on any atom is -0.207 e. The van der Waals surface area contributed by atoms with Crippen LogP contribution < -0.4 is 5.19 Å². The van der Waals surface area contributed by atoms with Crippen LogP contribution in [0.15, 0.2) is 64.6 Å². The van der Waals surface area contributed by atoms with Crippen molar-refractivity contribution in [3.8, 4) is 0 Å². The van der Waals surface area contributed by atoms with Gasteiger partial charge >= 0.3 is 0 Å².